The molecule has 130 valence electrons. The van der Waals surface area contributed by atoms with Crippen LogP contribution in [0.2, 0.25) is 0 Å². The quantitative estimate of drug-likeness (QED) is 0.489. The van der Waals surface area contributed by atoms with Gasteiger partial charge in [0.2, 0.25) is 0 Å². The van der Waals surface area contributed by atoms with E-state index in [2.05, 4.69) is 38.8 Å². The molecule has 0 aliphatic heterocycles. The molecule has 3 rings (SSSR count). The summed E-state index contributed by atoms with van der Waals surface area (Å²) in [6, 6.07) is 15.5. The summed E-state index contributed by atoms with van der Waals surface area (Å²) >= 11 is 0. The van der Waals surface area contributed by atoms with Gasteiger partial charge in [0.1, 0.15) is 5.82 Å². The summed E-state index contributed by atoms with van der Waals surface area (Å²) < 4.78 is 13.6. The van der Waals surface area contributed by atoms with Crippen LogP contribution in [0.3, 0.4) is 0 Å². The molecule has 0 saturated carbocycles. The van der Waals surface area contributed by atoms with Crippen LogP contribution < -0.4 is 10.6 Å². The third-order valence-corrected chi connectivity index (χ3v) is 4.03. The molecule has 0 aliphatic rings. The van der Waals surface area contributed by atoms with Crippen molar-refractivity contribution in [1.29, 1.82) is 0 Å². The highest BCUT2D eigenvalue weighted by molar-refractivity contribution is 5.81. The minimum atomic E-state index is -0.191. The van der Waals surface area contributed by atoms with E-state index >= 15 is 0 Å². The van der Waals surface area contributed by atoms with Gasteiger partial charge in [0.25, 0.3) is 0 Å². The van der Waals surface area contributed by atoms with Crippen molar-refractivity contribution in [2.45, 2.75) is 26.9 Å². The van der Waals surface area contributed by atoms with Gasteiger partial charge in [-0.15, -0.1) is 0 Å². The molecule has 25 heavy (non-hydrogen) atoms. The lowest BCUT2D eigenvalue weighted by molar-refractivity contribution is 0.616. The molecule has 0 spiro atoms. The van der Waals surface area contributed by atoms with Gasteiger partial charge in [-0.05, 0) is 48.6 Å². The maximum atomic E-state index is 13.6. The smallest absolute Gasteiger partial charge is 0.191 e. The molecule has 0 saturated heterocycles. The van der Waals surface area contributed by atoms with Crippen LogP contribution in [-0.2, 0) is 13.1 Å². The molecule has 3 aromatic rings. The molecule has 0 unspecified atom stereocenters. The van der Waals surface area contributed by atoms with Gasteiger partial charge in [-0.1, -0.05) is 30.3 Å². The van der Waals surface area contributed by atoms with E-state index in [9.17, 15) is 4.39 Å². The number of halogens is 1. The first-order valence-electron chi connectivity index (χ1n) is 8.49. The first kappa shape index (κ1) is 17.0. The molecule has 0 amide bonds. The Hall–Kier alpha value is -2.82. The predicted molar refractivity (Wildman–Crippen MR) is 101 cm³/mol. The van der Waals surface area contributed by atoms with Crippen molar-refractivity contribution >= 4 is 16.9 Å². The van der Waals surface area contributed by atoms with Gasteiger partial charge in [0.15, 0.2) is 5.96 Å². The fourth-order valence-electron chi connectivity index (χ4n) is 2.65. The van der Waals surface area contributed by atoms with Crippen LogP contribution in [0.15, 0.2) is 53.5 Å². The van der Waals surface area contributed by atoms with E-state index in [0.717, 1.165) is 23.3 Å². The molecule has 2 aromatic carbocycles. The number of aliphatic imine (C=N–C) groups is 1. The highest BCUT2D eigenvalue weighted by Crippen LogP contribution is 2.14. The number of aromatic amines is 1. The Balaban J connectivity index is 1.66. The fraction of sp³-hybridized carbons (Fsp3) is 0.250. The van der Waals surface area contributed by atoms with Crippen LogP contribution in [0, 0.1) is 12.7 Å². The highest BCUT2D eigenvalue weighted by Gasteiger charge is 2.03. The Morgan fingerprint density at radius 1 is 1.12 bits per heavy atom. The van der Waals surface area contributed by atoms with Gasteiger partial charge in [-0.2, -0.15) is 0 Å². The number of aryl methyl sites for hydroxylation is 1. The van der Waals surface area contributed by atoms with E-state index in [1.165, 1.54) is 5.39 Å². The van der Waals surface area contributed by atoms with E-state index in [1.54, 1.807) is 19.1 Å². The summed E-state index contributed by atoms with van der Waals surface area (Å²) in [5.41, 5.74) is 3.71. The average Bonchev–Trinajstić information content (AvgIpc) is 3.03. The largest absolute Gasteiger partial charge is 0.357 e. The number of benzene rings is 2. The summed E-state index contributed by atoms with van der Waals surface area (Å²) in [7, 11) is 0. The number of guanidine groups is 1. The fourth-order valence-corrected chi connectivity index (χ4v) is 2.65. The van der Waals surface area contributed by atoms with Crippen LogP contribution in [0.5, 0.6) is 0 Å². The summed E-state index contributed by atoms with van der Waals surface area (Å²) in [5, 5.41) is 7.71. The minimum Gasteiger partial charge on any atom is -0.357 e. The highest BCUT2D eigenvalue weighted by atomic mass is 19.1. The summed E-state index contributed by atoms with van der Waals surface area (Å²) in [4.78, 5) is 7.92. The monoisotopic (exact) mass is 338 g/mol. The van der Waals surface area contributed by atoms with E-state index in [4.69, 9.17) is 0 Å². The molecule has 0 aliphatic carbocycles. The number of aromatic nitrogens is 1. The van der Waals surface area contributed by atoms with Crippen LogP contribution >= 0.6 is 0 Å². The zero-order valence-corrected chi connectivity index (χ0v) is 14.6. The van der Waals surface area contributed by atoms with Gasteiger partial charge >= 0.3 is 0 Å². The van der Waals surface area contributed by atoms with Crippen LogP contribution in [0.4, 0.5) is 4.39 Å². The summed E-state index contributed by atoms with van der Waals surface area (Å²) in [5.74, 6) is 0.519. The van der Waals surface area contributed by atoms with Crippen LogP contribution in [0.1, 0.15) is 23.7 Å². The number of nitrogens with one attached hydrogen (secondary N) is 3. The molecule has 0 atom stereocenters. The first-order chi connectivity index (χ1) is 12.2. The lowest BCUT2D eigenvalue weighted by Gasteiger charge is -2.10. The second-order valence-electron chi connectivity index (χ2n) is 6.01. The van der Waals surface area contributed by atoms with Crippen LogP contribution in [-0.4, -0.2) is 17.5 Å². The van der Waals surface area contributed by atoms with Gasteiger partial charge in [-0.25, -0.2) is 9.38 Å². The molecule has 4 nitrogen and oxygen atoms in total. The number of H-pyrrole nitrogens is 1. The Kier molecular flexibility index (Phi) is 5.33. The summed E-state index contributed by atoms with van der Waals surface area (Å²) in [6.45, 7) is 5.61. The van der Waals surface area contributed by atoms with Crippen molar-refractivity contribution in [2.75, 3.05) is 6.54 Å². The Labute approximate surface area is 147 Å². The molecule has 5 heteroatoms. The van der Waals surface area contributed by atoms with Crippen molar-refractivity contribution in [2.24, 2.45) is 4.99 Å². The van der Waals surface area contributed by atoms with E-state index < -0.39 is 0 Å². The second kappa shape index (κ2) is 7.83. The van der Waals surface area contributed by atoms with Gasteiger partial charge in [-0.3, -0.25) is 0 Å². The standard InChI is InChI=1S/C20H23FN4/c1-3-22-20(23-12-15-9-8-14(2)18(21)10-15)24-13-17-11-16-6-4-5-7-19(16)25-17/h4-11,25H,3,12-13H2,1-2H3,(H2,22,23,24). The average molecular weight is 338 g/mol. The van der Waals surface area contributed by atoms with E-state index in [1.807, 2.05) is 25.1 Å². The molecule has 0 fully saturated rings. The number of hydrogen-bond donors (Lipinski definition) is 3. The lowest BCUT2D eigenvalue weighted by atomic mass is 10.1. The molecule has 3 N–H and O–H groups in total. The summed E-state index contributed by atoms with van der Waals surface area (Å²) in [6.07, 6.45) is 0. The molecular formula is C20H23FN4. The Morgan fingerprint density at radius 2 is 1.96 bits per heavy atom. The SMILES string of the molecule is CCNC(=NCc1ccc(C)c(F)c1)NCc1cc2ccccc2[nH]1. The first-order valence-corrected chi connectivity index (χ1v) is 8.49. The number of rotatable bonds is 5. The minimum absolute atomic E-state index is 0.191. The molecule has 0 bridgehead atoms. The topological polar surface area (TPSA) is 52.2 Å². The normalized spacial score (nSPS) is 11.7. The second-order valence-corrected chi connectivity index (χ2v) is 6.01. The van der Waals surface area contributed by atoms with Crippen molar-refractivity contribution in [3.05, 3.63) is 71.2 Å². The maximum absolute atomic E-state index is 13.6. The molecule has 1 aromatic heterocycles. The third kappa shape index (κ3) is 4.38. The predicted octanol–water partition coefficient (Wildman–Crippen LogP) is 3.87. The zero-order valence-electron chi connectivity index (χ0n) is 14.6. The molecular weight excluding hydrogens is 315 g/mol. The van der Waals surface area contributed by atoms with E-state index in [0.29, 0.717) is 24.6 Å². The van der Waals surface area contributed by atoms with Crippen molar-refractivity contribution < 1.29 is 4.39 Å². The number of nitrogens with zero attached hydrogens (tertiary/aromatic N) is 1. The van der Waals surface area contributed by atoms with Crippen molar-refractivity contribution in [1.82, 2.24) is 15.6 Å². The van der Waals surface area contributed by atoms with E-state index in [-0.39, 0.29) is 5.82 Å². The van der Waals surface area contributed by atoms with Gasteiger partial charge in [0, 0.05) is 17.8 Å². The Bertz CT molecular complexity index is 849. The lowest BCUT2D eigenvalue weighted by Crippen LogP contribution is -2.36. The van der Waals surface area contributed by atoms with Gasteiger partial charge in [0.05, 0.1) is 13.1 Å². The maximum Gasteiger partial charge on any atom is 0.191 e. The number of hydrogen-bond acceptors (Lipinski definition) is 1. The van der Waals surface area contributed by atoms with Crippen molar-refractivity contribution in [3.8, 4) is 0 Å². The Morgan fingerprint density at radius 3 is 2.72 bits per heavy atom. The van der Waals surface area contributed by atoms with Gasteiger partial charge < -0.3 is 15.6 Å². The zero-order chi connectivity index (χ0) is 17.6. The molecule has 1 heterocycles. The number of fused-ring (bicyclic) bond motifs is 1. The van der Waals surface area contributed by atoms with Crippen molar-refractivity contribution in [3.63, 3.8) is 0 Å². The van der Waals surface area contributed by atoms with Crippen LogP contribution in [0.25, 0.3) is 10.9 Å². The third-order valence-electron chi connectivity index (χ3n) is 4.03. The molecule has 0 radical (unpaired) electrons. The number of para-hydroxylation sites is 1.